The van der Waals surface area contributed by atoms with Gasteiger partial charge in [0.25, 0.3) is 0 Å². The quantitative estimate of drug-likeness (QED) is 0.662. The Labute approximate surface area is 76.9 Å². The molecule has 1 rings (SSSR count). The molecule has 0 bridgehead atoms. The maximum Gasteiger partial charge on any atom is 0.309 e. The third kappa shape index (κ3) is 2.66. The van der Waals surface area contributed by atoms with Crippen LogP contribution in [0.15, 0.2) is 0 Å². The standard InChI is InChI=1S/C9H15FO3/c1-2-13-9(12)6-3-4-8(11)7(10)5-6/h6-8,11H,2-5H2,1H3/t6-,7?,8-/m1/s1. The number of ether oxygens (including phenoxy) is 1. The first-order valence-electron chi connectivity index (χ1n) is 4.64. The van der Waals surface area contributed by atoms with Crippen LogP contribution in [0.4, 0.5) is 4.39 Å². The van der Waals surface area contributed by atoms with Gasteiger partial charge >= 0.3 is 5.97 Å². The van der Waals surface area contributed by atoms with Gasteiger partial charge in [-0.25, -0.2) is 4.39 Å². The lowest BCUT2D eigenvalue weighted by atomic mass is 9.86. The Hall–Kier alpha value is -0.640. The Morgan fingerprint density at radius 3 is 2.85 bits per heavy atom. The van der Waals surface area contributed by atoms with E-state index in [1.807, 2.05) is 0 Å². The first-order chi connectivity index (χ1) is 6.15. The number of rotatable bonds is 2. The summed E-state index contributed by atoms with van der Waals surface area (Å²) in [5, 5.41) is 9.08. The van der Waals surface area contributed by atoms with Crippen LogP contribution >= 0.6 is 0 Å². The number of hydrogen-bond acceptors (Lipinski definition) is 3. The highest BCUT2D eigenvalue weighted by Crippen LogP contribution is 2.27. The Bertz CT molecular complexity index is 184. The van der Waals surface area contributed by atoms with Gasteiger partial charge in [0, 0.05) is 0 Å². The van der Waals surface area contributed by atoms with Gasteiger partial charge in [0.05, 0.1) is 18.6 Å². The van der Waals surface area contributed by atoms with Gasteiger partial charge in [0.2, 0.25) is 0 Å². The fourth-order valence-electron chi connectivity index (χ4n) is 1.57. The van der Waals surface area contributed by atoms with Crippen molar-refractivity contribution in [1.82, 2.24) is 0 Å². The van der Waals surface area contributed by atoms with Crippen molar-refractivity contribution in [1.29, 1.82) is 0 Å². The molecule has 0 aromatic rings. The maximum absolute atomic E-state index is 13.0. The lowest BCUT2D eigenvalue weighted by Gasteiger charge is -2.26. The summed E-state index contributed by atoms with van der Waals surface area (Å²) >= 11 is 0. The molecule has 1 saturated carbocycles. The molecule has 0 aromatic carbocycles. The fraction of sp³-hybridized carbons (Fsp3) is 0.889. The normalized spacial score (nSPS) is 34.2. The number of carbonyl (C=O) groups is 1. The molecule has 0 heterocycles. The summed E-state index contributed by atoms with van der Waals surface area (Å²) in [6.45, 7) is 2.05. The molecule has 1 unspecified atom stereocenters. The Balaban J connectivity index is 2.40. The van der Waals surface area contributed by atoms with Crippen molar-refractivity contribution in [3.8, 4) is 0 Å². The van der Waals surface area contributed by atoms with Crippen molar-refractivity contribution in [3.05, 3.63) is 0 Å². The second-order valence-corrected chi connectivity index (χ2v) is 3.35. The highest BCUT2D eigenvalue weighted by atomic mass is 19.1. The smallest absolute Gasteiger partial charge is 0.309 e. The van der Waals surface area contributed by atoms with E-state index < -0.39 is 12.3 Å². The van der Waals surface area contributed by atoms with E-state index in [0.29, 0.717) is 19.4 Å². The maximum atomic E-state index is 13.0. The van der Waals surface area contributed by atoms with Crippen molar-refractivity contribution in [2.24, 2.45) is 5.92 Å². The monoisotopic (exact) mass is 190 g/mol. The van der Waals surface area contributed by atoms with Crippen LogP contribution in [-0.4, -0.2) is 30.0 Å². The van der Waals surface area contributed by atoms with E-state index in [2.05, 4.69) is 0 Å². The van der Waals surface area contributed by atoms with Crippen LogP contribution < -0.4 is 0 Å². The number of carbonyl (C=O) groups excluding carboxylic acids is 1. The molecule has 1 fully saturated rings. The van der Waals surface area contributed by atoms with Crippen molar-refractivity contribution < 1.29 is 19.0 Å². The van der Waals surface area contributed by atoms with E-state index in [1.54, 1.807) is 6.92 Å². The van der Waals surface area contributed by atoms with Crippen LogP contribution in [0.1, 0.15) is 26.2 Å². The van der Waals surface area contributed by atoms with Crippen molar-refractivity contribution >= 4 is 5.97 Å². The minimum atomic E-state index is -1.27. The van der Waals surface area contributed by atoms with E-state index in [9.17, 15) is 9.18 Å². The molecule has 0 saturated heterocycles. The third-order valence-electron chi connectivity index (χ3n) is 2.36. The zero-order chi connectivity index (χ0) is 9.84. The predicted molar refractivity (Wildman–Crippen MR) is 44.9 cm³/mol. The Morgan fingerprint density at radius 2 is 2.31 bits per heavy atom. The molecule has 4 heteroatoms. The van der Waals surface area contributed by atoms with Crippen molar-refractivity contribution in [2.45, 2.75) is 38.5 Å². The zero-order valence-corrected chi connectivity index (χ0v) is 7.70. The van der Waals surface area contributed by atoms with Gasteiger partial charge in [-0.1, -0.05) is 0 Å². The number of aliphatic hydroxyl groups excluding tert-OH is 1. The first kappa shape index (κ1) is 10.4. The lowest BCUT2D eigenvalue weighted by Crippen LogP contribution is -2.34. The van der Waals surface area contributed by atoms with Crippen LogP contribution in [0.25, 0.3) is 0 Å². The first-order valence-corrected chi connectivity index (χ1v) is 4.64. The molecule has 1 aliphatic rings. The largest absolute Gasteiger partial charge is 0.466 e. The average Bonchev–Trinajstić information content (AvgIpc) is 2.10. The lowest BCUT2D eigenvalue weighted by molar-refractivity contribution is -0.151. The molecule has 0 aliphatic heterocycles. The molecule has 3 nitrogen and oxygen atoms in total. The number of aliphatic hydroxyl groups is 1. The van der Waals surface area contributed by atoms with Crippen molar-refractivity contribution in [2.75, 3.05) is 6.61 Å². The number of esters is 1. The molecule has 0 radical (unpaired) electrons. The molecule has 3 atom stereocenters. The van der Waals surface area contributed by atoms with E-state index in [1.165, 1.54) is 0 Å². The number of halogens is 1. The van der Waals surface area contributed by atoms with E-state index in [-0.39, 0.29) is 18.3 Å². The van der Waals surface area contributed by atoms with Gasteiger partial charge < -0.3 is 9.84 Å². The minimum absolute atomic E-state index is 0.0972. The molecule has 1 aliphatic carbocycles. The molecular weight excluding hydrogens is 175 g/mol. The van der Waals surface area contributed by atoms with Gasteiger partial charge in [0.1, 0.15) is 6.17 Å². The van der Waals surface area contributed by atoms with Crippen LogP contribution in [0.5, 0.6) is 0 Å². The third-order valence-corrected chi connectivity index (χ3v) is 2.36. The molecule has 76 valence electrons. The molecule has 0 spiro atoms. The summed E-state index contributed by atoms with van der Waals surface area (Å²) in [6.07, 6.45) is -1.20. The molecule has 0 aromatic heterocycles. The van der Waals surface area contributed by atoms with Gasteiger partial charge in [-0.15, -0.1) is 0 Å². The van der Waals surface area contributed by atoms with E-state index in [4.69, 9.17) is 9.84 Å². The van der Waals surface area contributed by atoms with Crippen LogP contribution in [0.2, 0.25) is 0 Å². The van der Waals surface area contributed by atoms with Crippen molar-refractivity contribution in [3.63, 3.8) is 0 Å². The Morgan fingerprint density at radius 1 is 1.62 bits per heavy atom. The van der Waals surface area contributed by atoms with Gasteiger partial charge in [-0.2, -0.15) is 0 Å². The van der Waals surface area contributed by atoms with Crippen LogP contribution in [0, 0.1) is 5.92 Å². The minimum Gasteiger partial charge on any atom is -0.466 e. The summed E-state index contributed by atoms with van der Waals surface area (Å²) < 4.78 is 17.7. The van der Waals surface area contributed by atoms with Gasteiger partial charge in [-0.05, 0) is 26.2 Å². The van der Waals surface area contributed by atoms with E-state index in [0.717, 1.165) is 0 Å². The Kier molecular flexibility index (Phi) is 3.66. The van der Waals surface area contributed by atoms with Gasteiger partial charge in [-0.3, -0.25) is 4.79 Å². The molecule has 13 heavy (non-hydrogen) atoms. The highest BCUT2D eigenvalue weighted by Gasteiger charge is 2.33. The predicted octanol–water partition coefficient (Wildman–Crippen LogP) is 1.05. The number of hydrogen-bond donors (Lipinski definition) is 1. The summed E-state index contributed by atoms with van der Waals surface area (Å²) in [5.41, 5.74) is 0. The zero-order valence-electron chi connectivity index (χ0n) is 7.70. The molecule has 1 N–H and O–H groups in total. The summed E-state index contributed by atoms with van der Waals surface area (Å²) in [4.78, 5) is 11.2. The average molecular weight is 190 g/mol. The number of alkyl halides is 1. The summed E-state index contributed by atoms with van der Waals surface area (Å²) in [7, 11) is 0. The highest BCUT2D eigenvalue weighted by molar-refractivity contribution is 5.72. The topological polar surface area (TPSA) is 46.5 Å². The van der Waals surface area contributed by atoms with Gasteiger partial charge in [0.15, 0.2) is 0 Å². The SMILES string of the molecule is CCOC(=O)[C@@H]1CC[C@@H](O)C(F)C1. The fourth-order valence-corrected chi connectivity index (χ4v) is 1.57. The van der Waals surface area contributed by atoms with Crippen LogP contribution in [0.3, 0.4) is 0 Å². The van der Waals surface area contributed by atoms with E-state index >= 15 is 0 Å². The second kappa shape index (κ2) is 4.56. The second-order valence-electron chi connectivity index (χ2n) is 3.35. The van der Waals surface area contributed by atoms with Crippen LogP contribution in [-0.2, 0) is 9.53 Å². The molecule has 0 amide bonds. The summed E-state index contributed by atoms with van der Waals surface area (Å²) in [5.74, 6) is -0.699. The molecular formula is C9H15FO3. The summed E-state index contributed by atoms with van der Waals surface area (Å²) in [6, 6.07) is 0.